The smallest absolute Gasteiger partial charge is 0.289 e. The van der Waals surface area contributed by atoms with Gasteiger partial charge < -0.3 is 0 Å². The molecule has 0 aliphatic heterocycles. The number of Topliss-reactive ketones (excluding diaryl/α,β-unsaturated/α-hetero) is 1. The molecule has 0 rings (SSSR count). The standard InChI is InChI=1S/C3H4FNO3.H2O4/c1-2(6)3(4)5(7)8;1-3-4-2/h3H,1H3;1-2H. The van der Waals surface area contributed by atoms with Crippen molar-refractivity contribution in [2.75, 3.05) is 0 Å². The summed E-state index contributed by atoms with van der Waals surface area (Å²) in [5.41, 5.74) is 0. The predicted octanol–water partition coefficient (Wildman–Crippen LogP) is 0.0283. The van der Waals surface area contributed by atoms with Crippen LogP contribution in [0.15, 0.2) is 0 Å². The molecule has 0 spiro atoms. The number of rotatable bonds is 3. The molecular weight excluding hydrogens is 181 g/mol. The van der Waals surface area contributed by atoms with Crippen LogP contribution in [-0.4, -0.2) is 27.5 Å². The Bertz CT molecular complexity index is 134. The van der Waals surface area contributed by atoms with E-state index in [4.69, 9.17) is 10.5 Å². The van der Waals surface area contributed by atoms with Gasteiger partial charge >= 0.3 is 6.30 Å². The monoisotopic (exact) mass is 187 g/mol. The minimum atomic E-state index is -2.55. The van der Waals surface area contributed by atoms with Gasteiger partial charge in [-0.15, -0.1) is 0 Å². The van der Waals surface area contributed by atoms with Crippen molar-refractivity contribution >= 4 is 5.78 Å². The van der Waals surface area contributed by atoms with E-state index < -0.39 is 17.0 Å². The molecule has 0 saturated carbocycles. The number of nitro groups is 1. The summed E-state index contributed by atoms with van der Waals surface area (Å²) in [4.78, 5) is 17.8. The van der Waals surface area contributed by atoms with Crippen molar-refractivity contribution in [2.24, 2.45) is 0 Å². The molecule has 2 N–H and O–H groups in total. The highest BCUT2D eigenvalue weighted by Gasteiger charge is 2.22. The fourth-order valence-corrected chi connectivity index (χ4v) is 0.148. The van der Waals surface area contributed by atoms with Crippen LogP contribution in [0.1, 0.15) is 6.92 Å². The van der Waals surface area contributed by atoms with Crippen LogP contribution in [0.4, 0.5) is 4.39 Å². The molecule has 0 aromatic heterocycles. The fourth-order valence-electron chi connectivity index (χ4n) is 0.148. The molecule has 0 amide bonds. The Balaban J connectivity index is 0. The van der Waals surface area contributed by atoms with Crippen LogP contribution in [0.25, 0.3) is 0 Å². The second kappa shape index (κ2) is 7.94. The zero-order valence-corrected chi connectivity index (χ0v) is 5.84. The average Bonchev–Trinajstić information content (AvgIpc) is 2.03. The largest absolute Gasteiger partial charge is 0.407 e. The van der Waals surface area contributed by atoms with Crippen molar-refractivity contribution in [3.63, 3.8) is 0 Å². The minimum absolute atomic E-state index is 0.827. The van der Waals surface area contributed by atoms with E-state index in [0.29, 0.717) is 0 Å². The quantitative estimate of drug-likeness (QED) is 0.276. The second-order valence-corrected chi connectivity index (χ2v) is 1.38. The van der Waals surface area contributed by atoms with Crippen molar-refractivity contribution in [2.45, 2.75) is 13.2 Å². The van der Waals surface area contributed by atoms with Crippen LogP contribution in [0.3, 0.4) is 0 Å². The van der Waals surface area contributed by atoms with Crippen LogP contribution < -0.4 is 0 Å². The maximum absolute atomic E-state index is 11.6. The Morgan fingerprint density at radius 3 is 1.92 bits per heavy atom. The molecule has 0 fully saturated rings. The van der Waals surface area contributed by atoms with Gasteiger partial charge in [0.1, 0.15) is 0 Å². The van der Waals surface area contributed by atoms with Gasteiger partial charge in [-0.05, 0) is 10.1 Å². The van der Waals surface area contributed by atoms with Gasteiger partial charge in [0.05, 0.1) is 4.92 Å². The third-order valence-electron chi connectivity index (χ3n) is 0.554. The molecule has 0 heterocycles. The molecule has 0 radical (unpaired) electrons. The molecule has 8 nitrogen and oxygen atoms in total. The highest BCUT2D eigenvalue weighted by molar-refractivity contribution is 5.78. The van der Waals surface area contributed by atoms with E-state index in [9.17, 15) is 19.3 Å². The number of alkyl halides is 1. The molecule has 9 heteroatoms. The van der Waals surface area contributed by atoms with E-state index in [2.05, 4.69) is 10.1 Å². The molecule has 0 aliphatic rings. The number of hydrogen-bond acceptors (Lipinski definition) is 7. The number of nitrogens with zero attached hydrogens (tertiary/aromatic N) is 1. The molecule has 0 aromatic carbocycles. The first-order valence-corrected chi connectivity index (χ1v) is 2.37. The predicted molar refractivity (Wildman–Crippen MR) is 30.0 cm³/mol. The van der Waals surface area contributed by atoms with Crippen molar-refractivity contribution in [3.8, 4) is 0 Å². The Labute approximate surface area is 65.1 Å². The van der Waals surface area contributed by atoms with Crippen molar-refractivity contribution < 1.29 is 34.7 Å². The number of carbonyl (C=O) groups excluding carboxylic acids is 1. The lowest BCUT2D eigenvalue weighted by molar-refractivity contribution is -0.611. The van der Waals surface area contributed by atoms with Crippen LogP contribution in [0.5, 0.6) is 0 Å². The number of hydrogen-bond donors (Lipinski definition) is 2. The molecule has 0 saturated heterocycles. The molecule has 0 aliphatic carbocycles. The normalized spacial score (nSPS) is 11.0. The van der Waals surface area contributed by atoms with E-state index in [1.165, 1.54) is 0 Å². The second-order valence-electron chi connectivity index (χ2n) is 1.38. The van der Waals surface area contributed by atoms with Gasteiger partial charge in [-0.3, -0.25) is 14.9 Å². The zero-order valence-electron chi connectivity index (χ0n) is 5.84. The number of halogens is 1. The van der Waals surface area contributed by atoms with E-state index >= 15 is 0 Å². The number of ketones is 1. The van der Waals surface area contributed by atoms with Gasteiger partial charge in [-0.2, -0.15) is 4.39 Å². The first kappa shape index (κ1) is 13.4. The topological polar surface area (TPSA) is 119 Å². The van der Waals surface area contributed by atoms with Gasteiger partial charge in [0.25, 0.3) is 0 Å². The van der Waals surface area contributed by atoms with Gasteiger partial charge in [0.15, 0.2) is 0 Å². The molecule has 1 unspecified atom stereocenters. The summed E-state index contributed by atoms with van der Waals surface area (Å²) in [5, 5.41) is 28.4. The molecular formula is C3H6FNO7. The Hall–Kier alpha value is -1.16. The van der Waals surface area contributed by atoms with Gasteiger partial charge in [0, 0.05) is 6.92 Å². The molecule has 72 valence electrons. The van der Waals surface area contributed by atoms with E-state index in [1.807, 2.05) is 0 Å². The summed E-state index contributed by atoms with van der Waals surface area (Å²) in [5.74, 6) is -1.07. The molecule has 1 atom stereocenters. The summed E-state index contributed by atoms with van der Waals surface area (Å²) >= 11 is 0. The molecule has 12 heavy (non-hydrogen) atoms. The average molecular weight is 187 g/mol. The lowest BCUT2D eigenvalue weighted by Gasteiger charge is -1.90. The zero-order chi connectivity index (χ0) is 10.1. The first-order chi connectivity index (χ1) is 5.47. The first-order valence-electron chi connectivity index (χ1n) is 2.37. The summed E-state index contributed by atoms with van der Waals surface area (Å²) in [6.45, 7) is 0.827. The molecule has 0 aromatic rings. The Kier molecular flexibility index (Phi) is 8.89. The van der Waals surface area contributed by atoms with Gasteiger partial charge in [-0.25, -0.2) is 10.5 Å². The van der Waals surface area contributed by atoms with Crippen molar-refractivity contribution in [1.82, 2.24) is 0 Å². The summed E-state index contributed by atoms with van der Waals surface area (Å²) in [7, 11) is 0. The maximum Gasteiger partial charge on any atom is 0.407 e. The fraction of sp³-hybridized carbons (Fsp3) is 0.667. The van der Waals surface area contributed by atoms with Crippen LogP contribution in [0, 0.1) is 10.1 Å². The van der Waals surface area contributed by atoms with E-state index in [1.54, 1.807) is 0 Å². The molecule has 0 bridgehead atoms. The Morgan fingerprint density at radius 2 is 1.92 bits per heavy atom. The van der Waals surface area contributed by atoms with Gasteiger partial charge in [0.2, 0.25) is 5.78 Å². The highest BCUT2D eigenvalue weighted by Crippen LogP contribution is 1.90. The summed E-state index contributed by atoms with van der Waals surface area (Å²) < 4.78 is 11.6. The van der Waals surface area contributed by atoms with Crippen LogP contribution in [-0.2, 0) is 14.9 Å². The lowest BCUT2D eigenvalue weighted by atomic mass is 10.4. The summed E-state index contributed by atoms with van der Waals surface area (Å²) in [6.07, 6.45) is -2.55. The third kappa shape index (κ3) is 8.84. The van der Waals surface area contributed by atoms with Crippen LogP contribution in [0.2, 0.25) is 0 Å². The summed E-state index contributed by atoms with van der Waals surface area (Å²) in [6, 6.07) is 0. The highest BCUT2D eigenvalue weighted by atomic mass is 19.1. The van der Waals surface area contributed by atoms with Crippen LogP contribution >= 0.6 is 0 Å². The Morgan fingerprint density at radius 1 is 1.58 bits per heavy atom. The van der Waals surface area contributed by atoms with E-state index in [-0.39, 0.29) is 0 Å². The third-order valence-corrected chi connectivity index (χ3v) is 0.554. The number of carbonyl (C=O) groups is 1. The lowest BCUT2D eigenvalue weighted by Crippen LogP contribution is -2.21. The SMILES string of the molecule is CC(=O)C(F)[N+](=O)[O-].OOOO. The maximum atomic E-state index is 11.6. The van der Waals surface area contributed by atoms with Crippen molar-refractivity contribution in [3.05, 3.63) is 10.1 Å². The minimum Gasteiger partial charge on any atom is -0.289 e. The van der Waals surface area contributed by atoms with Crippen molar-refractivity contribution in [1.29, 1.82) is 0 Å². The van der Waals surface area contributed by atoms with Gasteiger partial charge in [-0.1, -0.05) is 0 Å². The van der Waals surface area contributed by atoms with E-state index in [0.717, 1.165) is 6.92 Å².